The molecule has 304 valence electrons. The van der Waals surface area contributed by atoms with E-state index in [1.54, 1.807) is 16.7 Å². The molecular weight excluding hydrogens is 727 g/mol. The second-order valence-corrected chi connectivity index (χ2v) is 16.3. The number of fused-ring (bicyclic) bond motifs is 1. The fraction of sp³-hybridized carbons (Fsp3) is 0.511. The molecule has 0 N–H and O–H groups in total. The molecule has 3 aromatic carbocycles. The second kappa shape index (κ2) is 17.6. The Morgan fingerprint density at radius 1 is 0.930 bits per heavy atom. The van der Waals surface area contributed by atoms with Crippen LogP contribution in [-0.2, 0) is 28.6 Å². The van der Waals surface area contributed by atoms with Gasteiger partial charge in [0.15, 0.2) is 12.9 Å². The van der Waals surface area contributed by atoms with Gasteiger partial charge in [-0.3, -0.25) is 14.4 Å². The average Bonchev–Trinajstić information content (AvgIpc) is 4.04. The van der Waals surface area contributed by atoms with Crippen molar-refractivity contribution in [2.75, 3.05) is 49.3 Å². The number of carbonyl (C=O) groups excluding carboxylic acids is 4. The van der Waals surface area contributed by atoms with Crippen molar-refractivity contribution in [3.63, 3.8) is 0 Å². The minimum absolute atomic E-state index is 0.0170. The summed E-state index contributed by atoms with van der Waals surface area (Å²) in [5.74, 6) is -0.0343. The van der Waals surface area contributed by atoms with E-state index >= 15 is 4.79 Å². The molecule has 4 aliphatic rings. The molecule has 1 unspecified atom stereocenters. The molecule has 0 bridgehead atoms. The summed E-state index contributed by atoms with van der Waals surface area (Å²) >= 11 is 0. The quantitative estimate of drug-likeness (QED) is 0.169. The van der Waals surface area contributed by atoms with Gasteiger partial charge in [0.1, 0.15) is 17.1 Å². The summed E-state index contributed by atoms with van der Waals surface area (Å²) in [5, 5.41) is 0. The molecule has 57 heavy (non-hydrogen) atoms. The Morgan fingerprint density at radius 2 is 1.74 bits per heavy atom. The maximum absolute atomic E-state index is 15.2. The van der Waals surface area contributed by atoms with Gasteiger partial charge in [0.25, 0.3) is 5.91 Å². The van der Waals surface area contributed by atoms with Crippen molar-refractivity contribution in [1.82, 2.24) is 4.90 Å². The lowest BCUT2D eigenvalue weighted by molar-refractivity contribution is -0.143. The highest BCUT2D eigenvalue weighted by Crippen LogP contribution is 2.43. The van der Waals surface area contributed by atoms with Crippen LogP contribution in [0.2, 0.25) is 0 Å². The lowest BCUT2D eigenvalue weighted by Gasteiger charge is -2.41. The molecule has 0 aromatic heterocycles. The number of hydrogen-bond donors (Lipinski definition) is 0. The summed E-state index contributed by atoms with van der Waals surface area (Å²) in [5.41, 5.74) is 3.63. The minimum Gasteiger partial charge on any atom is -0.482 e. The Hall–Kier alpha value is -5.10. The van der Waals surface area contributed by atoms with Crippen molar-refractivity contribution in [3.8, 4) is 22.6 Å². The number of likely N-dealkylation sites (tertiary alicyclic amines) is 1. The molecule has 2 saturated heterocycles. The van der Waals surface area contributed by atoms with Gasteiger partial charge in [-0.05, 0) is 119 Å². The summed E-state index contributed by atoms with van der Waals surface area (Å²) in [6.45, 7) is 9.17. The Labute approximate surface area is 335 Å². The van der Waals surface area contributed by atoms with Gasteiger partial charge in [0, 0.05) is 44.2 Å². The molecule has 3 amide bonds. The third kappa shape index (κ3) is 9.90. The van der Waals surface area contributed by atoms with E-state index in [1.165, 1.54) is 0 Å². The van der Waals surface area contributed by atoms with Crippen LogP contribution in [0.3, 0.4) is 0 Å². The average molecular weight is 782 g/mol. The highest BCUT2D eigenvalue weighted by Gasteiger charge is 2.44. The highest BCUT2D eigenvalue weighted by atomic mass is 16.7. The molecule has 3 aliphatic heterocycles. The largest absolute Gasteiger partial charge is 0.482 e. The Bertz CT molecular complexity index is 1920. The number of piperidine rings is 1. The van der Waals surface area contributed by atoms with Crippen molar-refractivity contribution in [1.29, 1.82) is 0 Å². The van der Waals surface area contributed by atoms with Crippen LogP contribution in [0, 0.1) is 5.92 Å². The van der Waals surface area contributed by atoms with Gasteiger partial charge in [0.05, 0.1) is 24.8 Å². The van der Waals surface area contributed by atoms with Crippen molar-refractivity contribution >= 4 is 35.3 Å². The zero-order valence-corrected chi connectivity index (χ0v) is 33.6. The normalized spacial score (nSPS) is 20.9. The van der Waals surface area contributed by atoms with Gasteiger partial charge in [-0.2, -0.15) is 0 Å². The van der Waals surface area contributed by atoms with Gasteiger partial charge in [-0.15, -0.1) is 0 Å². The van der Waals surface area contributed by atoms with Gasteiger partial charge in [0.2, 0.25) is 5.91 Å². The van der Waals surface area contributed by atoms with Crippen molar-refractivity contribution < 1.29 is 42.9 Å². The molecule has 1 saturated carbocycles. The summed E-state index contributed by atoms with van der Waals surface area (Å²) in [6.07, 6.45) is 5.26. The maximum atomic E-state index is 15.2. The van der Waals surface area contributed by atoms with Crippen molar-refractivity contribution in [2.45, 2.75) is 103 Å². The third-order valence-corrected chi connectivity index (χ3v) is 10.9. The molecule has 1 aliphatic carbocycles. The number of anilines is 2. The van der Waals surface area contributed by atoms with E-state index in [0.29, 0.717) is 49.7 Å². The summed E-state index contributed by atoms with van der Waals surface area (Å²) in [4.78, 5) is 59.0. The van der Waals surface area contributed by atoms with Crippen molar-refractivity contribution in [2.24, 2.45) is 5.92 Å². The maximum Gasteiger partial charge on any atom is 0.410 e. The molecule has 3 fully saturated rings. The van der Waals surface area contributed by atoms with Crippen LogP contribution in [-0.4, -0.2) is 86.2 Å². The molecule has 3 atom stereocenters. The van der Waals surface area contributed by atoms with Crippen molar-refractivity contribution in [3.05, 3.63) is 72.3 Å². The monoisotopic (exact) mass is 781 g/mol. The number of amides is 3. The van der Waals surface area contributed by atoms with Gasteiger partial charge in [-0.25, -0.2) is 4.79 Å². The highest BCUT2D eigenvalue weighted by molar-refractivity contribution is 6.01. The lowest BCUT2D eigenvalue weighted by Crippen LogP contribution is -2.51. The van der Waals surface area contributed by atoms with E-state index in [0.717, 1.165) is 61.2 Å². The first kappa shape index (κ1) is 40.1. The van der Waals surface area contributed by atoms with E-state index < -0.39 is 17.6 Å². The molecule has 3 aromatic rings. The first-order valence-corrected chi connectivity index (χ1v) is 20.5. The van der Waals surface area contributed by atoms with Gasteiger partial charge < -0.3 is 38.4 Å². The first-order valence-electron chi connectivity index (χ1n) is 20.5. The molecule has 0 spiro atoms. The van der Waals surface area contributed by atoms with E-state index in [1.807, 2.05) is 74.2 Å². The fourth-order valence-electron chi connectivity index (χ4n) is 7.95. The summed E-state index contributed by atoms with van der Waals surface area (Å²) in [7, 11) is 0. The number of carbonyl (C=O) groups is 4. The van der Waals surface area contributed by atoms with E-state index in [-0.39, 0.29) is 55.6 Å². The van der Waals surface area contributed by atoms with E-state index in [9.17, 15) is 14.4 Å². The zero-order valence-electron chi connectivity index (χ0n) is 33.6. The van der Waals surface area contributed by atoms with Crippen LogP contribution in [0.4, 0.5) is 16.2 Å². The van der Waals surface area contributed by atoms with E-state index in [2.05, 4.69) is 18.2 Å². The molecule has 12 heteroatoms. The Morgan fingerprint density at radius 3 is 2.46 bits per heavy atom. The zero-order chi connectivity index (χ0) is 40.1. The number of esters is 1. The molecule has 3 heterocycles. The summed E-state index contributed by atoms with van der Waals surface area (Å²) in [6, 6.07) is 21.9. The number of nitrogens with zero attached hydrogens (tertiary/aromatic N) is 3. The predicted molar refractivity (Wildman–Crippen MR) is 215 cm³/mol. The van der Waals surface area contributed by atoms with Crippen LogP contribution >= 0.6 is 0 Å². The second-order valence-electron chi connectivity index (χ2n) is 16.3. The molecule has 0 radical (unpaired) electrons. The number of rotatable bonds is 12. The van der Waals surface area contributed by atoms with Crippen LogP contribution in [0.25, 0.3) is 11.1 Å². The minimum atomic E-state index is -0.684. The standard InChI is InChI=1S/C45H55N3O9/c1-5-53-41(50)12-9-23-47-38-27-34(18-21-39(38)55-29-40(47)49)48(33-16-17-33)43(51)37-28-46(44(52)57-45(2,3)4)24-22-36(37)32-11-8-10-31(26-32)30-14-19-35(20-15-30)56-42-13-6-7-25-54-42/h8,10-11,14-15,18-21,26-27,33,36-37,42H,5-7,9,12-13,16-17,22-25,28-29H2,1-4H3/t36-,37+,42?/m1/s1. The van der Waals surface area contributed by atoms with Crippen LogP contribution in [0.15, 0.2) is 66.7 Å². The molecule has 12 nitrogen and oxygen atoms in total. The Balaban J connectivity index is 1.16. The topological polar surface area (TPSA) is 124 Å². The van der Waals surface area contributed by atoms with Gasteiger partial charge >= 0.3 is 12.1 Å². The number of hydrogen-bond acceptors (Lipinski definition) is 9. The van der Waals surface area contributed by atoms with Crippen LogP contribution in [0.1, 0.15) is 90.5 Å². The van der Waals surface area contributed by atoms with Gasteiger partial charge in [-0.1, -0.05) is 36.4 Å². The molecular formula is C45H55N3O9. The van der Waals surface area contributed by atoms with Crippen LogP contribution in [0.5, 0.6) is 11.5 Å². The third-order valence-electron chi connectivity index (χ3n) is 10.9. The predicted octanol–water partition coefficient (Wildman–Crippen LogP) is 7.86. The Kier molecular flexibility index (Phi) is 12.4. The SMILES string of the molecule is CCOC(=O)CCCN1C(=O)COc2ccc(N(C(=O)[C@H]3CN(C(=O)OC(C)(C)C)CC[C@@H]3c3cccc(-c4ccc(OC5CCCCO5)cc4)c3)C3CC3)cc21. The molecule has 7 rings (SSSR count). The number of benzene rings is 3. The van der Waals surface area contributed by atoms with Crippen LogP contribution < -0.4 is 19.3 Å². The van der Waals surface area contributed by atoms with E-state index in [4.69, 9.17) is 23.7 Å². The first-order chi connectivity index (χ1) is 27.5. The summed E-state index contributed by atoms with van der Waals surface area (Å²) < 4.78 is 28.5. The lowest BCUT2D eigenvalue weighted by atomic mass is 9.78. The number of ether oxygens (including phenoxy) is 5. The fourth-order valence-corrected chi connectivity index (χ4v) is 7.95. The smallest absolute Gasteiger partial charge is 0.410 e.